The molecule has 1 saturated carbocycles. The van der Waals surface area contributed by atoms with Crippen molar-refractivity contribution in [2.75, 3.05) is 58.4 Å². The predicted molar refractivity (Wildman–Crippen MR) is 103 cm³/mol. The molecule has 0 aromatic heterocycles. The molecule has 148 valence electrons. The topological polar surface area (TPSA) is 59.1 Å². The minimum atomic E-state index is -1.07. The number of rotatable bonds is 6. The molecule has 2 saturated heterocycles. The number of carboxylic acid groups (broad SMARTS) is 1. The molecular weight excluding hydrogens is 349 g/mol. The van der Waals surface area contributed by atoms with Gasteiger partial charge in [0.25, 0.3) is 0 Å². The van der Waals surface area contributed by atoms with E-state index in [1.165, 1.54) is 0 Å². The van der Waals surface area contributed by atoms with Gasteiger partial charge in [-0.15, -0.1) is 0 Å². The van der Waals surface area contributed by atoms with E-state index in [9.17, 15) is 9.90 Å². The standard InChI is InChI=1S/C21H31N3O3.Li/c1-22(2)15-17-4-3-9-24(17)19-6-5-16(14-18(19)20(25)26)21(7-8-21)23-10-12-27-13-11-23;/h5-6,14,17H,3-4,7-13,15H2,1-2H3,(H,25,26);/q;+1/p-1. The Hall–Kier alpha value is -1.03. The van der Waals surface area contributed by atoms with E-state index in [0.29, 0.717) is 11.6 Å². The van der Waals surface area contributed by atoms with E-state index in [1.54, 1.807) is 0 Å². The number of benzene rings is 1. The zero-order valence-electron chi connectivity index (χ0n) is 17.4. The van der Waals surface area contributed by atoms with Crippen molar-refractivity contribution in [2.45, 2.75) is 37.3 Å². The van der Waals surface area contributed by atoms with Crippen LogP contribution in [0.3, 0.4) is 0 Å². The number of ether oxygens (including phenoxy) is 1. The van der Waals surface area contributed by atoms with Gasteiger partial charge >= 0.3 is 18.9 Å². The second kappa shape index (κ2) is 8.77. The normalized spacial score (nSPS) is 24.2. The van der Waals surface area contributed by atoms with Gasteiger partial charge in [-0.3, -0.25) is 4.90 Å². The Morgan fingerprint density at radius 2 is 1.96 bits per heavy atom. The first-order valence-electron chi connectivity index (χ1n) is 10.1. The van der Waals surface area contributed by atoms with Crippen molar-refractivity contribution in [3.63, 3.8) is 0 Å². The van der Waals surface area contributed by atoms with Crippen LogP contribution in [0.5, 0.6) is 0 Å². The van der Waals surface area contributed by atoms with Crippen LogP contribution in [0.2, 0.25) is 0 Å². The molecule has 2 aliphatic heterocycles. The number of hydrogen-bond acceptors (Lipinski definition) is 6. The molecule has 3 aliphatic rings. The maximum absolute atomic E-state index is 12.0. The molecule has 6 nitrogen and oxygen atoms in total. The SMILES string of the molecule is CN(C)CC1CCCN1c1ccc(C2(N3CCOCC3)CC2)cc1C(=O)[O-].[Li+]. The minimum absolute atomic E-state index is 0. The molecule has 0 bridgehead atoms. The van der Waals surface area contributed by atoms with Crippen molar-refractivity contribution in [3.05, 3.63) is 29.3 Å². The van der Waals surface area contributed by atoms with Gasteiger partial charge in [-0.05, 0) is 57.5 Å². The van der Waals surface area contributed by atoms with E-state index >= 15 is 0 Å². The van der Waals surface area contributed by atoms with E-state index in [4.69, 9.17) is 4.74 Å². The van der Waals surface area contributed by atoms with Crippen LogP contribution >= 0.6 is 0 Å². The first-order chi connectivity index (χ1) is 13.0. The van der Waals surface area contributed by atoms with Crippen molar-refractivity contribution >= 4 is 11.7 Å². The summed E-state index contributed by atoms with van der Waals surface area (Å²) in [5.74, 6) is -1.07. The number of aromatic carboxylic acids is 1. The third-order valence-corrected chi connectivity index (χ3v) is 6.36. The monoisotopic (exact) mass is 379 g/mol. The number of anilines is 1. The molecule has 1 atom stereocenters. The van der Waals surface area contributed by atoms with Crippen LogP contribution in [0.25, 0.3) is 0 Å². The fraction of sp³-hybridized carbons (Fsp3) is 0.667. The van der Waals surface area contributed by atoms with Crippen molar-refractivity contribution in [1.29, 1.82) is 0 Å². The van der Waals surface area contributed by atoms with E-state index in [0.717, 1.165) is 76.3 Å². The maximum Gasteiger partial charge on any atom is 1.00 e. The zero-order valence-corrected chi connectivity index (χ0v) is 17.4. The van der Waals surface area contributed by atoms with Crippen molar-refractivity contribution in [1.82, 2.24) is 9.80 Å². The Morgan fingerprint density at radius 3 is 2.57 bits per heavy atom. The Kier molecular flexibility index (Phi) is 6.79. The summed E-state index contributed by atoms with van der Waals surface area (Å²) in [4.78, 5) is 18.9. The molecule has 1 unspecified atom stereocenters. The maximum atomic E-state index is 12.0. The number of nitrogens with zero attached hydrogens (tertiary/aromatic N) is 3. The van der Waals surface area contributed by atoms with Crippen molar-refractivity contribution in [3.8, 4) is 0 Å². The fourth-order valence-electron chi connectivity index (χ4n) is 4.90. The second-order valence-electron chi connectivity index (χ2n) is 8.40. The summed E-state index contributed by atoms with van der Waals surface area (Å²) in [6.45, 7) is 5.19. The molecular formula is C21H30LiN3O3. The average Bonchev–Trinajstić information content (AvgIpc) is 3.36. The van der Waals surface area contributed by atoms with Crippen molar-refractivity contribution in [2.24, 2.45) is 0 Å². The van der Waals surface area contributed by atoms with Gasteiger partial charge in [0.15, 0.2) is 0 Å². The van der Waals surface area contributed by atoms with Gasteiger partial charge in [0.2, 0.25) is 0 Å². The number of likely N-dealkylation sites (N-methyl/N-ethyl adjacent to an activating group) is 1. The predicted octanol–water partition coefficient (Wildman–Crippen LogP) is -2.09. The molecule has 3 fully saturated rings. The number of hydrogen-bond donors (Lipinski definition) is 0. The summed E-state index contributed by atoms with van der Waals surface area (Å²) in [6.07, 6.45) is 4.38. The van der Waals surface area contributed by atoms with Gasteiger partial charge < -0.3 is 24.4 Å². The van der Waals surface area contributed by atoms with Crippen LogP contribution < -0.4 is 28.9 Å². The largest absolute Gasteiger partial charge is 1.00 e. The molecule has 0 spiro atoms. The molecule has 0 N–H and O–H groups in total. The van der Waals surface area contributed by atoms with E-state index in [-0.39, 0.29) is 24.4 Å². The number of carbonyl (C=O) groups is 1. The first kappa shape index (κ1) is 21.7. The van der Waals surface area contributed by atoms with Crippen LogP contribution in [0.4, 0.5) is 5.69 Å². The molecule has 0 amide bonds. The molecule has 2 heterocycles. The summed E-state index contributed by atoms with van der Waals surface area (Å²) < 4.78 is 5.49. The number of carboxylic acids is 1. The Balaban J connectivity index is 0.00000225. The molecule has 1 aromatic rings. The van der Waals surface area contributed by atoms with Crippen LogP contribution in [0.1, 0.15) is 41.6 Å². The zero-order chi connectivity index (χ0) is 19.0. The minimum Gasteiger partial charge on any atom is -0.545 e. The molecule has 7 heteroatoms. The molecule has 4 rings (SSSR count). The van der Waals surface area contributed by atoms with Gasteiger partial charge in [0.05, 0.1) is 19.2 Å². The molecule has 0 radical (unpaired) electrons. The van der Waals surface area contributed by atoms with Gasteiger partial charge in [0.1, 0.15) is 0 Å². The Bertz CT molecular complexity index is 702. The van der Waals surface area contributed by atoms with Gasteiger partial charge in [0, 0.05) is 49.0 Å². The average molecular weight is 379 g/mol. The van der Waals surface area contributed by atoms with Crippen molar-refractivity contribution < 1.29 is 33.5 Å². The van der Waals surface area contributed by atoms with Crippen LogP contribution in [0, 0.1) is 0 Å². The van der Waals surface area contributed by atoms with Crippen LogP contribution in [0.15, 0.2) is 18.2 Å². The second-order valence-corrected chi connectivity index (χ2v) is 8.40. The summed E-state index contributed by atoms with van der Waals surface area (Å²) in [5.41, 5.74) is 2.29. The smallest absolute Gasteiger partial charge is 0.545 e. The summed E-state index contributed by atoms with van der Waals surface area (Å²) in [5, 5.41) is 12.0. The van der Waals surface area contributed by atoms with E-state index in [1.807, 2.05) is 12.1 Å². The number of carbonyl (C=O) groups excluding carboxylic acids is 1. The van der Waals surface area contributed by atoms with Crippen LogP contribution in [-0.2, 0) is 10.3 Å². The third kappa shape index (κ3) is 4.12. The van der Waals surface area contributed by atoms with E-state index < -0.39 is 5.97 Å². The third-order valence-electron chi connectivity index (χ3n) is 6.36. The summed E-state index contributed by atoms with van der Waals surface area (Å²) in [6, 6.07) is 6.42. The van der Waals surface area contributed by atoms with Gasteiger partial charge in [-0.1, -0.05) is 6.07 Å². The fourth-order valence-corrected chi connectivity index (χ4v) is 4.90. The van der Waals surface area contributed by atoms with Gasteiger partial charge in [-0.2, -0.15) is 0 Å². The molecule has 1 aliphatic carbocycles. The number of morpholine rings is 1. The first-order valence-corrected chi connectivity index (χ1v) is 10.1. The van der Waals surface area contributed by atoms with E-state index in [2.05, 4.69) is 34.9 Å². The molecule has 28 heavy (non-hydrogen) atoms. The Morgan fingerprint density at radius 1 is 1.25 bits per heavy atom. The Labute approximate surface area is 180 Å². The quantitative estimate of drug-likeness (QED) is 0.528. The summed E-state index contributed by atoms with van der Waals surface area (Å²) >= 11 is 0. The summed E-state index contributed by atoms with van der Waals surface area (Å²) in [7, 11) is 4.14. The molecule has 1 aromatic carbocycles. The van der Waals surface area contributed by atoms with Gasteiger partial charge in [-0.25, -0.2) is 0 Å². The van der Waals surface area contributed by atoms with Crippen LogP contribution in [-0.4, -0.2) is 75.3 Å².